The Labute approximate surface area is 216 Å². The van der Waals surface area contributed by atoms with E-state index >= 15 is 0 Å². The molecule has 0 saturated heterocycles. The number of hydrogen-bond acceptors (Lipinski definition) is 5. The number of halogens is 1. The largest absolute Gasteiger partial charge is 0.335 e. The highest BCUT2D eigenvalue weighted by atomic mass is 35.5. The van der Waals surface area contributed by atoms with Gasteiger partial charge in [-0.15, -0.1) is 0 Å². The summed E-state index contributed by atoms with van der Waals surface area (Å²) in [5, 5.41) is 3.83. The van der Waals surface area contributed by atoms with Gasteiger partial charge in [-0.3, -0.25) is 4.79 Å². The SMILES string of the molecule is CC(C)Cc1ccc(S(=O)(=O)NC(=O)NC2CCC(C)CC2)cc1.O=c1[nH]cnc2ccc(Cl)cc12. The molecule has 0 bridgehead atoms. The van der Waals surface area contributed by atoms with Gasteiger partial charge in [-0.1, -0.05) is 44.5 Å². The molecule has 10 heteroatoms. The molecule has 1 saturated carbocycles. The monoisotopic (exact) mass is 532 g/mol. The summed E-state index contributed by atoms with van der Waals surface area (Å²) in [6.45, 7) is 6.43. The summed E-state index contributed by atoms with van der Waals surface area (Å²) in [5.41, 5.74) is 1.58. The van der Waals surface area contributed by atoms with Gasteiger partial charge in [-0.2, -0.15) is 0 Å². The highest BCUT2D eigenvalue weighted by molar-refractivity contribution is 7.90. The summed E-state index contributed by atoms with van der Waals surface area (Å²) in [4.78, 5) is 29.7. The number of nitrogens with one attached hydrogen (secondary N) is 3. The summed E-state index contributed by atoms with van der Waals surface area (Å²) >= 11 is 5.71. The van der Waals surface area contributed by atoms with Crippen molar-refractivity contribution in [2.24, 2.45) is 11.8 Å². The Hall–Kier alpha value is -2.91. The molecule has 0 unspecified atom stereocenters. The number of nitrogens with zero attached hydrogens (tertiary/aromatic N) is 1. The van der Waals surface area contributed by atoms with Gasteiger partial charge in [0.15, 0.2) is 0 Å². The highest BCUT2D eigenvalue weighted by Crippen LogP contribution is 2.23. The molecular weight excluding hydrogens is 500 g/mol. The van der Waals surface area contributed by atoms with Crippen molar-refractivity contribution >= 4 is 38.6 Å². The van der Waals surface area contributed by atoms with E-state index in [2.05, 4.69) is 40.8 Å². The van der Waals surface area contributed by atoms with Crippen molar-refractivity contribution in [3.8, 4) is 0 Å². The molecule has 0 spiro atoms. The van der Waals surface area contributed by atoms with Gasteiger partial charge in [-0.05, 0) is 79.8 Å². The van der Waals surface area contributed by atoms with Crippen LogP contribution in [-0.4, -0.2) is 30.5 Å². The first-order valence-electron chi connectivity index (χ1n) is 12.1. The van der Waals surface area contributed by atoms with Gasteiger partial charge < -0.3 is 10.3 Å². The second kappa shape index (κ2) is 12.4. The number of H-pyrrole nitrogens is 1. The van der Waals surface area contributed by atoms with Gasteiger partial charge in [0.1, 0.15) is 0 Å². The fourth-order valence-electron chi connectivity index (χ4n) is 4.12. The van der Waals surface area contributed by atoms with Gasteiger partial charge in [-0.25, -0.2) is 22.9 Å². The van der Waals surface area contributed by atoms with Gasteiger partial charge in [0.25, 0.3) is 15.6 Å². The maximum absolute atomic E-state index is 12.3. The lowest BCUT2D eigenvalue weighted by molar-refractivity contribution is 0.233. The minimum absolute atomic E-state index is 0.0600. The zero-order valence-corrected chi connectivity index (χ0v) is 22.3. The average molecular weight is 533 g/mol. The van der Waals surface area contributed by atoms with Crippen LogP contribution in [-0.2, 0) is 16.4 Å². The second-order valence-electron chi connectivity index (χ2n) is 9.67. The molecule has 0 radical (unpaired) electrons. The normalized spacial score (nSPS) is 17.8. The van der Waals surface area contributed by atoms with E-state index in [9.17, 15) is 18.0 Å². The maximum atomic E-state index is 12.3. The van der Waals surface area contributed by atoms with Crippen LogP contribution in [0.25, 0.3) is 10.9 Å². The quantitative estimate of drug-likeness (QED) is 0.425. The first-order valence-corrected chi connectivity index (χ1v) is 13.9. The molecule has 194 valence electrons. The maximum Gasteiger partial charge on any atom is 0.328 e. The lowest BCUT2D eigenvalue weighted by Gasteiger charge is -2.26. The Morgan fingerprint density at radius 2 is 1.78 bits per heavy atom. The molecule has 3 aromatic rings. The number of urea groups is 1. The summed E-state index contributed by atoms with van der Waals surface area (Å²) in [7, 11) is -3.83. The topological polar surface area (TPSA) is 121 Å². The van der Waals surface area contributed by atoms with E-state index in [-0.39, 0.29) is 16.5 Å². The zero-order valence-electron chi connectivity index (χ0n) is 20.8. The van der Waals surface area contributed by atoms with Crippen LogP contribution < -0.4 is 15.6 Å². The Morgan fingerprint density at radius 1 is 1.11 bits per heavy atom. The number of aromatic nitrogens is 2. The van der Waals surface area contributed by atoms with E-state index in [0.29, 0.717) is 27.8 Å². The van der Waals surface area contributed by atoms with Crippen LogP contribution >= 0.6 is 11.6 Å². The lowest BCUT2D eigenvalue weighted by Crippen LogP contribution is -2.45. The Morgan fingerprint density at radius 3 is 2.42 bits per heavy atom. The van der Waals surface area contributed by atoms with Crippen molar-refractivity contribution in [1.82, 2.24) is 20.0 Å². The third-order valence-corrected chi connectivity index (χ3v) is 7.64. The van der Waals surface area contributed by atoms with Gasteiger partial charge in [0.2, 0.25) is 0 Å². The van der Waals surface area contributed by atoms with E-state index in [0.717, 1.165) is 37.7 Å². The lowest BCUT2D eigenvalue weighted by atomic mass is 9.87. The molecule has 1 aliphatic carbocycles. The van der Waals surface area contributed by atoms with E-state index in [1.54, 1.807) is 42.5 Å². The molecular formula is C26H33ClN4O4S. The number of aromatic amines is 1. The summed E-state index contributed by atoms with van der Waals surface area (Å²) in [5.74, 6) is 1.19. The van der Waals surface area contributed by atoms with Crippen LogP contribution in [0.5, 0.6) is 0 Å². The molecule has 4 rings (SSSR count). The minimum Gasteiger partial charge on any atom is -0.335 e. The van der Waals surface area contributed by atoms with Crippen molar-refractivity contribution in [3.05, 3.63) is 69.7 Å². The summed E-state index contributed by atoms with van der Waals surface area (Å²) in [6, 6.07) is 11.1. The Kier molecular flexibility index (Phi) is 9.50. The van der Waals surface area contributed by atoms with E-state index in [4.69, 9.17) is 11.6 Å². The van der Waals surface area contributed by atoms with Crippen LogP contribution in [0.3, 0.4) is 0 Å². The Bertz CT molecular complexity index is 1330. The predicted molar refractivity (Wildman–Crippen MR) is 143 cm³/mol. The number of carbonyl (C=O) groups excluding carboxylic acids is 1. The van der Waals surface area contributed by atoms with Crippen molar-refractivity contribution in [1.29, 1.82) is 0 Å². The van der Waals surface area contributed by atoms with Gasteiger partial charge in [0, 0.05) is 11.1 Å². The van der Waals surface area contributed by atoms with Crippen molar-refractivity contribution in [2.75, 3.05) is 0 Å². The molecule has 1 aliphatic rings. The molecule has 36 heavy (non-hydrogen) atoms. The fraction of sp³-hybridized carbons (Fsp3) is 0.423. The average Bonchev–Trinajstić information content (AvgIpc) is 2.81. The van der Waals surface area contributed by atoms with Crippen molar-refractivity contribution < 1.29 is 13.2 Å². The molecule has 2 amide bonds. The summed E-state index contributed by atoms with van der Waals surface area (Å²) in [6.07, 6.45) is 6.20. The van der Waals surface area contributed by atoms with E-state index < -0.39 is 16.1 Å². The number of benzene rings is 2. The third-order valence-electron chi connectivity index (χ3n) is 6.06. The number of amides is 2. The first kappa shape index (κ1) is 27.7. The molecule has 2 aromatic carbocycles. The smallest absolute Gasteiger partial charge is 0.328 e. The van der Waals surface area contributed by atoms with Crippen LogP contribution in [0.2, 0.25) is 5.02 Å². The third kappa shape index (κ3) is 8.06. The van der Waals surface area contributed by atoms with E-state index in [1.807, 2.05) is 0 Å². The van der Waals surface area contributed by atoms with Crippen LogP contribution in [0.4, 0.5) is 4.79 Å². The Balaban J connectivity index is 0.000000249. The number of carbonyl (C=O) groups is 1. The second-order valence-corrected chi connectivity index (χ2v) is 11.8. The molecule has 1 fully saturated rings. The summed E-state index contributed by atoms with van der Waals surface area (Å²) < 4.78 is 26.7. The minimum atomic E-state index is -3.83. The van der Waals surface area contributed by atoms with Crippen LogP contribution in [0.1, 0.15) is 52.0 Å². The number of rotatable bonds is 5. The van der Waals surface area contributed by atoms with Crippen LogP contribution in [0, 0.1) is 11.8 Å². The molecule has 0 aliphatic heterocycles. The first-order chi connectivity index (χ1) is 17.0. The van der Waals surface area contributed by atoms with Crippen molar-refractivity contribution in [3.63, 3.8) is 0 Å². The van der Waals surface area contributed by atoms with Crippen LogP contribution in [0.15, 0.2) is 58.5 Å². The molecule has 1 heterocycles. The molecule has 1 aromatic heterocycles. The standard InChI is InChI=1S/C18H28N2O3S.C8H5ClN2O/c1-13(2)12-15-6-10-17(11-7-15)24(22,23)20-18(21)19-16-8-4-14(3)5-9-16;9-5-1-2-7-6(3-5)8(12)11-4-10-7/h6-7,10-11,13-14,16H,4-5,8-9,12H2,1-3H3,(H2,19,20,21);1-4H,(H,10,11,12). The number of sulfonamides is 1. The zero-order chi connectivity index (χ0) is 26.3. The predicted octanol–water partition coefficient (Wildman–Crippen LogP) is 5.03. The van der Waals surface area contributed by atoms with E-state index in [1.165, 1.54) is 6.33 Å². The number of fused-ring (bicyclic) bond motifs is 1. The molecule has 8 nitrogen and oxygen atoms in total. The van der Waals surface area contributed by atoms with Crippen molar-refractivity contribution in [2.45, 2.75) is 63.8 Å². The number of hydrogen-bond donors (Lipinski definition) is 3. The highest BCUT2D eigenvalue weighted by Gasteiger charge is 2.23. The van der Waals surface area contributed by atoms with Gasteiger partial charge >= 0.3 is 6.03 Å². The van der Waals surface area contributed by atoms with Gasteiger partial charge in [0.05, 0.1) is 22.1 Å². The fourth-order valence-corrected chi connectivity index (χ4v) is 5.20. The molecule has 3 N–H and O–H groups in total. The molecule has 0 atom stereocenters.